The molecule has 0 amide bonds. The summed E-state index contributed by atoms with van der Waals surface area (Å²) in [6.07, 6.45) is 3.73. The Labute approximate surface area is 83.7 Å². The topological polar surface area (TPSA) is 25.8 Å². The molecule has 1 aromatic carbocycles. The Morgan fingerprint density at radius 2 is 1.57 bits per heavy atom. The van der Waals surface area contributed by atoms with Crippen LogP contribution in [0.25, 0.3) is 11.1 Å². The second-order valence-corrected chi connectivity index (χ2v) is 3.33. The van der Waals surface area contributed by atoms with Gasteiger partial charge in [-0.15, -0.1) is 0 Å². The fraction of sp³-hybridized carbons (Fsp3) is 0.167. The molecule has 1 aromatic heterocycles. The molecule has 1 heterocycles. The van der Waals surface area contributed by atoms with Crippen LogP contribution in [0.1, 0.15) is 11.4 Å². The predicted molar refractivity (Wildman–Crippen MR) is 56.9 cm³/mol. The van der Waals surface area contributed by atoms with Gasteiger partial charge in [0.15, 0.2) is 0 Å². The lowest BCUT2D eigenvalue weighted by Crippen LogP contribution is -1.89. The average molecular weight is 184 g/mol. The molecule has 0 aliphatic rings. The standard InChI is InChI=1S/C12H12N2/c1-9-5-3-4-6-12(9)11-7-13-10(2)14-8-11/h3-8H,1-2H3. The van der Waals surface area contributed by atoms with E-state index in [1.54, 1.807) is 0 Å². The van der Waals surface area contributed by atoms with E-state index in [4.69, 9.17) is 0 Å². The van der Waals surface area contributed by atoms with E-state index >= 15 is 0 Å². The Kier molecular flexibility index (Phi) is 2.27. The summed E-state index contributed by atoms with van der Waals surface area (Å²) in [5.74, 6) is 0.808. The van der Waals surface area contributed by atoms with Crippen molar-refractivity contribution in [3.8, 4) is 11.1 Å². The summed E-state index contributed by atoms with van der Waals surface area (Å²) in [5, 5.41) is 0. The molecule has 0 aliphatic heterocycles. The number of hydrogen-bond acceptors (Lipinski definition) is 2. The van der Waals surface area contributed by atoms with E-state index in [0.29, 0.717) is 0 Å². The first-order valence-electron chi connectivity index (χ1n) is 4.62. The summed E-state index contributed by atoms with van der Waals surface area (Å²) in [6, 6.07) is 8.24. The molecule has 0 bridgehead atoms. The molecule has 0 radical (unpaired) electrons. The lowest BCUT2D eigenvalue weighted by atomic mass is 10.0. The lowest BCUT2D eigenvalue weighted by Gasteiger charge is -2.04. The Hall–Kier alpha value is -1.70. The van der Waals surface area contributed by atoms with Crippen molar-refractivity contribution >= 4 is 0 Å². The van der Waals surface area contributed by atoms with Gasteiger partial charge in [0.05, 0.1) is 0 Å². The van der Waals surface area contributed by atoms with Crippen molar-refractivity contribution in [2.75, 3.05) is 0 Å². The maximum absolute atomic E-state index is 4.19. The van der Waals surface area contributed by atoms with E-state index < -0.39 is 0 Å². The first kappa shape index (κ1) is 8.88. The number of benzene rings is 1. The van der Waals surface area contributed by atoms with Crippen LogP contribution in [0.5, 0.6) is 0 Å². The van der Waals surface area contributed by atoms with Crippen LogP contribution in [-0.4, -0.2) is 9.97 Å². The second kappa shape index (κ2) is 3.58. The summed E-state index contributed by atoms with van der Waals surface area (Å²) >= 11 is 0. The molecule has 70 valence electrons. The molecule has 0 saturated heterocycles. The first-order chi connectivity index (χ1) is 6.77. The summed E-state index contributed by atoms with van der Waals surface area (Å²) in [5.41, 5.74) is 3.53. The summed E-state index contributed by atoms with van der Waals surface area (Å²) in [4.78, 5) is 8.37. The molecule has 0 spiro atoms. The fourth-order valence-corrected chi connectivity index (χ4v) is 1.43. The van der Waals surface area contributed by atoms with Gasteiger partial charge in [0, 0.05) is 18.0 Å². The molecule has 2 heteroatoms. The van der Waals surface area contributed by atoms with E-state index in [-0.39, 0.29) is 0 Å². The first-order valence-corrected chi connectivity index (χ1v) is 4.62. The van der Waals surface area contributed by atoms with Crippen LogP contribution in [0.4, 0.5) is 0 Å². The highest BCUT2D eigenvalue weighted by molar-refractivity contribution is 5.65. The smallest absolute Gasteiger partial charge is 0.125 e. The van der Waals surface area contributed by atoms with Crippen LogP contribution in [-0.2, 0) is 0 Å². The highest BCUT2D eigenvalue weighted by Crippen LogP contribution is 2.20. The number of aryl methyl sites for hydroxylation is 2. The number of nitrogens with zero attached hydrogens (tertiary/aromatic N) is 2. The molecule has 0 aliphatic carbocycles. The van der Waals surface area contributed by atoms with Crippen molar-refractivity contribution in [2.24, 2.45) is 0 Å². The van der Waals surface area contributed by atoms with Crippen molar-refractivity contribution in [1.82, 2.24) is 9.97 Å². The minimum absolute atomic E-state index is 0.808. The fourth-order valence-electron chi connectivity index (χ4n) is 1.43. The van der Waals surface area contributed by atoms with Gasteiger partial charge in [-0.25, -0.2) is 9.97 Å². The quantitative estimate of drug-likeness (QED) is 0.681. The van der Waals surface area contributed by atoms with Gasteiger partial charge >= 0.3 is 0 Å². The zero-order chi connectivity index (χ0) is 9.97. The maximum atomic E-state index is 4.19. The second-order valence-electron chi connectivity index (χ2n) is 3.33. The SMILES string of the molecule is Cc1ncc(-c2ccccc2C)cn1. The minimum atomic E-state index is 0.808. The molecular weight excluding hydrogens is 172 g/mol. The molecule has 0 fully saturated rings. The van der Waals surface area contributed by atoms with Crippen LogP contribution in [0.3, 0.4) is 0 Å². The molecule has 2 rings (SSSR count). The molecule has 0 saturated carbocycles. The Balaban J connectivity index is 2.50. The van der Waals surface area contributed by atoms with Crippen LogP contribution in [0, 0.1) is 13.8 Å². The van der Waals surface area contributed by atoms with Gasteiger partial charge < -0.3 is 0 Å². The third-order valence-corrected chi connectivity index (χ3v) is 2.24. The number of hydrogen-bond donors (Lipinski definition) is 0. The molecule has 0 N–H and O–H groups in total. The summed E-state index contributed by atoms with van der Waals surface area (Å²) in [7, 11) is 0. The van der Waals surface area contributed by atoms with Gasteiger partial charge in [-0.3, -0.25) is 0 Å². The molecular formula is C12H12N2. The highest BCUT2D eigenvalue weighted by Gasteiger charge is 2.00. The van der Waals surface area contributed by atoms with Gasteiger partial charge in [0.1, 0.15) is 5.82 Å². The van der Waals surface area contributed by atoms with Gasteiger partial charge in [-0.05, 0) is 25.0 Å². The molecule has 2 nitrogen and oxygen atoms in total. The maximum Gasteiger partial charge on any atom is 0.125 e. The Morgan fingerprint density at radius 1 is 0.929 bits per heavy atom. The Morgan fingerprint density at radius 3 is 2.21 bits per heavy atom. The summed E-state index contributed by atoms with van der Waals surface area (Å²) < 4.78 is 0. The van der Waals surface area contributed by atoms with Crippen molar-refractivity contribution in [3.05, 3.63) is 48.0 Å². The third kappa shape index (κ3) is 1.64. The van der Waals surface area contributed by atoms with E-state index in [0.717, 1.165) is 11.4 Å². The van der Waals surface area contributed by atoms with Crippen molar-refractivity contribution in [1.29, 1.82) is 0 Å². The monoisotopic (exact) mass is 184 g/mol. The van der Waals surface area contributed by atoms with Gasteiger partial charge in [0.25, 0.3) is 0 Å². The molecule has 14 heavy (non-hydrogen) atoms. The minimum Gasteiger partial charge on any atom is -0.241 e. The van der Waals surface area contributed by atoms with Crippen LogP contribution in [0.15, 0.2) is 36.7 Å². The van der Waals surface area contributed by atoms with Crippen LogP contribution in [0.2, 0.25) is 0 Å². The predicted octanol–water partition coefficient (Wildman–Crippen LogP) is 2.76. The molecule has 0 unspecified atom stereocenters. The van der Waals surface area contributed by atoms with Crippen LogP contribution < -0.4 is 0 Å². The van der Waals surface area contributed by atoms with Crippen molar-refractivity contribution < 1.29 is 0 Å². The number of rotatable bonds is 1. The van der Waals surface area contributed by atoms with Crippen LogP contribution >= 0.6 is 0 Å². The van der Waals surface area contributed by atoms with Gasteiger partial charge in [-0.1, -0.05) is 24.3 Å². The van der Waals surface area contributed by atoms with E-state index in [1.165, 1.54) is 11.1 Å². The van der Waals surface area contributed by atoms with E-state index in [2.05, 4.69) is 29.0 Å². The number of aromatic nitrogens is 2. The van der Waals surface area contributed by atoms with Crippen molar-refractivity contribution in [3.63, 3.8) is 0 Å². The average Bonchev–Trinajstić information content (AvgIpc) is 2.20. The zero-order valence-electron chi connectivity index (χ0n) is 8.36. The van der Waals surface area contributed by atoms with E-state index in [1.807, 2.05) is 31.5 Å². The van der Waals surface area contributed by atoms with Gasteiger partial charge in [-0.2, -0.15) is 0 Å². The Bertz CT molecular complexity index is 432. The normalized spacial score (nSPS) is 10.1. The third-order valence-electron chi connectivity index (χ3n) is 2.24. The lowest BCUT2D eigenvalue weighted by molar-refractivity contribution is 1.05. The zero-order valence-corrected chi connectivity index (χ0v) is 8.36. The largest absolute Gasteiger partial charge is 0.241 e. The van der Waals surface area contributed by atoms with Crippen molar-refractivity contribution in [2.45, 2.75) is 13.8 Å². The molecule has 0 atom stereocenters. The summed E-state index contributed by atoms with van der Waals surface area (Å²) in [6.45, 7) is 3.98. The van der Waals surface area contributed by atoms with Gasteiger partial charge in [0.2, 0.25) is 0 Å². The molecule has 2 aromatic rings. The highest BCUT2D eigenvalue weighted by atomic mass is 14.8. The van der Waals surface area contributed by atoms with E-state index in [9.17, 15) is 0 Å².